The number of phenolic OH excluding ortho intramolecular Hbond substituents is 1. The number of aromatic hydroxyl groups is 1. The lowest BCUT2D eigenvalue weighted by atomic mass is 9.94. The van der Waals surface area contributed by atoms with Gasteiger partial charge in [-0.05, 0) is 48.7 Å². The number of hydrogen-bond acceptors (Lipinski definition) is 5. The molecule has 2 heterocycles. The molecular formula is C25H27N3O4. The Morgan fingerprint density at radius 1 is 1.25 bits per heavy atom. The van der Waals surface area contributed by atoms with Crippen molar-refractivity contribution in [3.05, 3.63) is 77.0 Å². The summed E-state index contributed by atoms with van der Waals surface area (Å²) in [7, 11) is 1.61. The molecule has 1 atom stereocenters. The van der Waals surface area contributed by atoms with Gasteiger partial charge >= 0.3 is 0 Å². The van der Waals surface area contributed by atoms with Gasteiger partial charge in [-0.25, -0.2) is 0 Å². The van der Waals surface area contributed by atoms with Crippen LogP contribution in [0.25, 0.3) is 11.3 Å². The maximum atomic E-state index is 13.3. The zero-order valence-corrected chi connectivity index (χ0v) is 18.5. The number of nitrogens with one attached hydrogen (secondary N) is 1. The Labute approximate surface area is 187 Å². The van der Waals surface area contributed by atoms with Crippen molar-refractivity contribution < 1.29 is 19.4 Å². The number of aromatic amines is 1. The average molecular weight is 434 g/mol. The summed E-state index contributed by atoms with van der Waals surface area (Å²) < 4.78 is 10.9. The minimum absolute atomic E-state index is 0.142. The molecule has 0 bridgehead atoms. The number of hydrogen-bond donors (Lipinski definition) is 2. The van der Waals surface area contributed by atoms with Crippen LogP contribution in [0, 0.1) is 13.8 Å². The van der Waals surface area contributed by atoms with E-state index in [0.717, 1.165) is 28.0 Å². The van der Waals surface area contributed by atoms with Crippen molar-refractivity contribution in [2.24, 2.45) is 0 Å². The van der Waals surface area contributed by atoms with Gasteiger partial charge in [0.2, 0.25) is 0 Å². The molecule has 0 saturated heterocycles. The Morgan fingerprint density at radius 2 is 2.00 bits per heavy atom. The van der Waals surface area contributed by atoms with Crippen molar-refractivity contribution >= 4 is 5.91 Å². The van der Waals surface area contributed by atoms with Crippen LogP contribution in [0.1, 0.15) is 38.8 Å². The monoisotopic (exact) mass is 433 g/mol. The first-order valence-corrected chi connectivity index (χ1v) is 10.5. The number of aromatic nitrogens is 2. The van der Waals surface area contributed by atoms with Gasteiger partial charge in [0.1, 0.15) is 29.5 Å². The Hall–Kier alpha value is -3.58. The number of benzene rings is 2. The van der Waals surface area contributed by atoms with Gasteiger partial charge in [0.15, 0.2) is 0 Å². The molecule has 0 fully saturated rings. The number of ether oxygens (including phenoxy) is 2. The number of carbonyl (C=O) groups is 1. The second-order valence-corrected chi connectivity index (χ2v) is 7.90. The molecule has 1 amide bonds. The van der Waals surface area contributed by atoms with E-state index in [9.17, 15) is 9.90 Å². The predicted molar refractivity (Wildman–Crippen MR) is 122 cm³/mol. The zero-order chi connectivity index (χ0) is 22.8. The molecule has 1 aliphatic heterocycles. The summed E-state index contributed by atoms with van der Waals surface area (Å²) in [6.45, 7) is 8.75. The molecule has 0 aliphatic carbocycles. The SMILES string of the molecule is C=CCOc1ccc(C2c3c(-c4cc(C)cc(C)c4O)n[nH]c3C(=O)N2CCOC)cc1. The van der Waals surface area contributed by atoms with Gasteiger partial charge in [-0.3, -0.25) is 9.89 Å². The van der Waals surface area contributed by atoms with Crippen LogP contribution >= 0.6 is 0 Å². The standard InChI is InChI=1S/C25H27N3O4/c1-5-11-32-18-8-6-17(7-9-18)23-20-21(19-14-15(2)13-16(3)24(19)29)26-27-22(20)25(30)28(23)10-12-31-4/h5-9,13-14,23,29H,1,10-12H2,2-4H3,(H,26,27). The molecule has 32 heavy (non-hydrogen) atoms. The summed E-state index contributed by atoms with van der Waals surface area (Å²) in [6, 6.07) is 11.1. The van der Waals surface area contributed by atoms with Gasteiger partial charge in [0.05, 0.1) is 12.6 Å². The predicted octanol–water partition coefficient (Wildman–Crippen LogP) is 4.16. The van der Waals surface area contributed by atoms with E-state index in [1.807, 2.05) is 50.2 Å². The van der Waals surface area contributed by atoms with Crippen LogP contribution in [0.5, 0.6) is 11.5 Å². The molecule has 7 nitrogen and oxygen atoms in total. The summed E-state index contributed by atoms with van der Waals surface area (Å²) in [5.41, 5.74) is 5.07. The van der Waals surface area contributed by atoms with Crippen LogP contribution in [0.4, 0.5) is 0 Å². The Bertz CT molecular complexity index is 1150. The van der Waals surface area contributed by atoms with Gasteiger partial charge in [-0.15, -0.1) is 0 Å². The number of carbonyl (C=O) groups excluding carboxylic acids is 1. The molecule has 2 N–H and O–H groups in total. The molecule has 1 aliphatic rings. The third kappa shape index (κ3) is 3.76. The van der Waals surface area contributed by atoms with E-state index in [4.69, 9.17) is 9.47 Å². The first-order valence-electron chi connectivity index (χ1n) is 10.5. The Kier molecular flexibility index (Phi) is 6.01. The highest BCUT2D eigenvalue weighted by atomic mass is 16.5. The maximum absolute atomic E-state index is 13.3. The van der Waals surface area contributed by atoms with E-state index in [1.165, 1.54) is 0 Å². The van der Waals surface area contributed by atoms with E-state index in [2.05, 4.69) is 16.8 Å². The highest BCUT2D eigenvalue weighted by Gasteiger charge is 2.42. The van der Waals surface area contributed by atoms with Crippen LogP contribution in [0.3, 0.4) is 0 Å². The third-order valence-electron chi connectivity index (χ3n) is 5.66. The molecule has 0 radical (unpaired) electrons. The quantitative estimate of drug-likeness (QED) is 0.521. The van der Waals surface area contributed by atoms with Gasteiger partial charge < -0.3 is 19.5 Å². The van der Waals surface area contributed by atoms with E-state index in [1.54, 1.807) is 18.1 Å². The van der Waals surface area contributed by atoms with E-state index < -0.39 is 0 Å². The number of phenols is 1. The van der Waals surface area contributed by atoms with Crippen LogP contribution in [-0.4, -0.2) is 53.0 Å². The lowest BCUT2D eigenvalue weighted by molar-refractivity contribution is 0.0677. The molecule has 0 spiro atoms. The molecule has 1 aromatic heterocycles. The fraction of sp³-hybridized carbons (Fsp3) is 0.280. The Balaban J connectivity index is 1.83. The number of nitrogens with zero attached hydrogens (tertiary/aromatic N) is 2. The molecule has 166 valence electrons. The van der Waals surface area contributed by atoms with Crippen LogP contribution in [0.15, 0.2) is 49.1 Å². The van der Waals surface area contributed by atoms with Crippen LogP contribution < -0.4 is 4.74 Å². The molecule has 3 aromatic rings. The number of amides is 1. The van der Waals surface area contributed by atoms with Gasteiger partial charge in [-0.1, -0.05) is 30.9 Å². The molecular weight excluding hydrogens is 406 g/mol. The molecule has 4 rings (SSSR count). The first-order chi connectivity index (χ1) is 15.5. The van der Waals surface area contributed by atoms with Gasteiger partial charge in [0.25, 0.3) is 5.91 Å². The number of fused-ring (bicyclic) bond motifs is 1. The van der Waals surface area contributed by atoms with Crippen LogP contribution in [0.2, 0.25) is 0 Å². The summed E-state index contributed by atoms with van der Waals surface area (Å²) >= 11 is 0. The van der Waals surface area contributed by atoms with E-state index in [-0.39, 0.29) is 17.7 Å². The highest BCUT2D eigenvalue weighted by Crippen LogP contribution is 2.45. The van der Waals surface area contributed by atoms with Gasteiger partial charge in [-0.2, -0.15) is 5.10 Å². The first kappa shape index (κ1) is 21.6. The zero-order valence-electron chi connectivity index (χ0n) is 18.5. The van der Waals surface area contributed by atoms with E-state index in [0.29, 0.717) is 36.7 Å². The van der Waals surface area contributed by atoms with Crippen molar-refractivity contribution in [3.8, 4) is 22.8 Å². The van der Waals surface area contributed by atoms with Crippen molar-refractivity contribution in [2.75, 3.05) is 26.9 Å². The minimum atomic E-state index is -0.366. The fourth-order valence-electron chi connectivity index (χ4n) is 4.21. The summed E-state index contributed by atoms with van der Waals surface area (Å²) in [5, 5.41) is 18.1. The minimum Gasteiger partial charge on any atom is -0.507 e. The average Bonchev–Trinajstić information content (AvgIpc) is 3.32. The molecule has 2 aromatic carbocycles. The second-order valence-electron chi connectivity index (χ2n) is 7.90. The third-order valence-corrected chi connectivity index (χ3v) is 5.66. The number of H-pyrrole nitrogens is 1. The maximum Gasteiger partial charge on any atom is 0.273 e. The lowest BCUT2D eigenvalue weighted by Crippen LogP contribution is -2.32. The lowest BCUT2D eigenvalue weighted by Gasteiger charge is -2.26. The van der Waals surface area contributed by atoms with Gasteiger partial charge in [0, 0.05) is 24.8 Å². The topological polar surface area (TPSA) is 87.7 Å². The molecule has 0 saturated carbocycles. The molecule has 7 heteroatoms. The van der Waals surface area contributed by atoms with E-state index >= 15 is 0 Å². The van der Waals surface area contributed by atoms with Crippen molar-refractivity contribution in [3.63, 3.8) is 0 Å². The summed E-state index contributed by atoms with van der Waals surface area (Å²) in [6.07, 6.45) is 1.69. The summed E-state index contributed by atoms with van der Waals surface area (Å²) in [5.74, 6) is 0.747. The van der Waals surface area contributed by atoms with Crippen LogP contribution in [-0.2, 0) is 4.74 Å². The normalized spacial score (nSPS) is 15.2. The number of methoxy groups -OCH3 is 1. The molecule has 1 unspecified atom stereocenters. The second kappa shape index (κ2) is 8.88. The smallest absolute Gasteiger partial charge is 0.273 e. The number of rotatable bonds is 8. The largest absolute Gasteiger partial charge is 0.507 e. The fourth-order valence-corrected chi connectivity index (χ4v) is 4.21. The number of aryl methyl sites for hydroxylation is 2. The van der Waals surface area contributed by atoms with Crippen molar-refractivity contribution in [2.45, 2.75) is 19.9 Å². The van der Waals surface area contributed by atoms with Crippen molar-refractivity contribution in [1.29, 1.82) is 0 Å². The Morgan fingerprint density at radius 3 is 2.69 bits per heavy atom. The highest BCUT2D eigenvalue weighted by molar-refractivity contribution is 6.00. The summed E-state index contributed by atoms with van der Waals surface area (Å²) in [4.78, 5) is 15.0. The van der Waals surface area contributed by atoms with Crippen molar-refractivity contribution in [1.82, 2.24) is 15.1 Å².